The van der Waals surface area contributed by atoms with Crippen molar-refractivity contribution in [3.8, 4) is 0 Å². The van der Waals surface area contributed by atoms with Crippen LogP contribution in [0.4, 0.5) is 24.8 Å². The number of halogens is 5. The minimum Gasteiger partial charge on any atom is -0.395 e. The van der Waals surface area contributed by atoms with Crippen molar-refractivity contribution in [2.24, 2.45) is 0 Å². The van der Waals surface area contributed by atoms with Crippen LogP contribution in [0.1, 0.15) is 30.7 Å². The van der Waals surface area contributed by atoms with E-state index in [2.05, 4.69) is 35.9 Å². The Morgan fingerprint density at radius 2 is 1.85 bits per heavy atom. The second kappa shape index (κ2) is 10.9. The predicted molar refractivity (Wildman–Crippen MR) is 118 cm³/mol. The number of rotatable bonds is 8. The smallest absolute Gasteiger partial charge is 0.395 e. The van der Waals surface area contributed by atoms with Crippen LogP contribution >= 0.6 is 34.5 Å². The zero-order valence-electron chi connectivity index (χ0n) is 16.8. The molecule has 3 rings (SSSR count). The molecule has 0 aliphatic rings. The summed E-state index contributed by atoms with van der Waals surface area (Å²) in [6, 6.07) is 0.623. The number of carbonyl (C=O) groups excluding carboxylic acids is 2. The zero-order chi connectivity index (χ0) is 24.9. The van der Waals surface area contributed by atoms with Crippen molar-refractivity contribution in [1.82, 2.24) is 25.3 Å². The molecule has 0 radical (unpaired) electrons. The number of amides is 2. The summed E-state index contributed by atoms with van der Waals surface area (Å²) in [5.41, 5.74) is -1.24. The van der Waals surface area contributed by atoms with Crippen LogP contribution in [0.2, 0.25) is 10.0 Å². The minimum atomic E-state index is -4.71. The molecule has 3 aromatic rings. The maximum Gasteiger partial charge on any atom is 0.418 e. The van der Waals surface area contributed by atoms with Crippen molar-refractivity contribution in [1.29, 1.82) is 0 Å². The van der Waals surface area contributed by atoms with Gasteiger partial charge in [0.2, 0.25) is 0 Å². The summed E-state index contributed by atoms with van der Waals surface area (Å²) in [7, 11) is 0. The van der Waals surface area contributed by atoms with Crippen molar-refractivity contribution >= 4 is 58.0 Å². The fourth-order valence-electron chi connectivity index (χ4n) is 2.46. The van der Waals surface area contributed by atoms with Gasteiger partial charge in [-0.05, 0) is 6.07 Å². The SMILES string of the molecule is O=C(Nc1cc(C(F)(F)F)c(Cl)cn1)c1cnc(CNC(=O)c2ncnc(NCCO)c2Cl)s1. The molecule has 3 aromatic heterocycles. The normalized spacial score (nSPS) is 11.2. The Kier molecular flexibility index (Phi) is 8.19. The molecular weight excluding hydrogens is 522 g/mol. The number of hydrogen-bond donors (Lipinski definition) is 4. The van der Waals surface area contributed by atoms with Gasteiger partial charge in [0.1, 0.15) is 32.9 Å². The number of aliphatic hydroxyl groups is 1. The van der Waals surface area contributed by atoms with Gasteiger partial charge in [0.25, 0.3) is 11.8 Å². The molecule has 0 aromatic carbocycles. The summed E-state index contributed by atoms with van der Waals surface area (Å²) in [5.74, 6) is -1.54. The van der Waals surface area contributed by atoms with Crippen molar-refractivity contribution < 1.29 is 27.9 Å². The first kappa shape index (κ1) is 25.6. The van der Waals surface area contributed by atoms with Crippen LogP contribution in [0.5, 0.6) is 0 Å². The van der Waals surface area contributed by atoms with Crippen molar-refractivity contribution in [2.75, 3.05) is 23.8 Å². The molecule has 4 N–H and O–H groups in total. The van der Waals surface area contributed by atoms with E-state index in [1.54, 1.807) is 0 Å². The first-order valence-corrected chi connectivity index (χ1v) is 10.8. The third-order valence-electron chi connectivity index (χ3n) is 3.99. The molecule has 0 unspecified atom stereocenters. The lowest BCUT2D eigenvalue weighted by atomic mass is 10.2. The lowest BCUT2D eigenvalue weighted by Crippen LogP contribution is -2.24. The lowest BCUT2D eigenvalue weighted by Gasteiger charge is -2.10. The molecule has 0 aliphatic heterocycles. The van der Waals surface area contributed by atoms with Crippen LogP contribution in [-0.4, -0.2) is 50.0 Å². The molecule has 10 nitrogen and oxygen atoms in total. The van der Waals surface area contributed by atoms with Crippen molar-refractivity contribution in [2.45, 2.75) is 12.7 Å². The molecule has 0 atom stereocenters. The quantitative estimate of drug-likeness (QED) is 0.344. The Morgan fingerprint density at radius 3 is 2.56 bits per heavy atom. The Balaban J connectivity index is 1.63. The predicted octanol–water partition coefficient (Wildman–Crippen LogP) is 3.24. The van der Waals surface area contributed by atoms with E-state index in [-0.39, 0.29) is 46.9 Å². The standard InChI is InChI=1S/C18H14Cl2F3N7O3S/c19-9-4-25-11(3-8(9)18(21,22)23)30-16(32)10-5-26-12(34-10)6-27-17(33)14-13(20)15(24-1-2-31)29-7-28-14/h3-5,7,31H,1-2,6H2,(H,27,33)(H,24,28,29)(H,25,30,32). The molecule has 3 heterocycles. The van der Waals surface area contributed by atoms with Crippen LogP contribution in [-0.2, 0) is 12.7 Å². The van der Waals surface area contributed by atoms with E-state index in [4.69, 9.17) is 28.3 Å². The van der Waals surface area contributed by atoms with E-state index in [0.717, 1.165) is 23.9 Å². The number of aliphatic hydroxyl groups excluding tert-OH is 1. The van der Waals surface area contributed by atoms with Gasteiger partial charge in [0, 0.05) is 12.7 Å². The van der Waals surface area contributed by atoms with E-state index in [0.29, 0.717) is 11.1 Å². The average molecular weight is 536 g/mol. The average Bonchev–Trinajstić information content (AvgIpc) is 3.26. The monoisotopic (exact) mass is 535 g/mol. The van der Waals surface area contributed by atoms with E-state index in [9.17, 15) is 22.8 Å². The second-order valence-corrected chi connectivity index (χ2v) is 8.24. The van der Waals surface area contributed by atoms with E-state index >= 15 is 0 Å². The van der Waals surface area contributed by atoms with E-state index < -0.39 is 28.6 Å². The number of pyridine rings is 1. The molecule has 0 spiro atoms. The number of thiazole rings is 1. The van der Waals surface area contributed by atoms with Gasteiger partial charge in [-0.1, -0.05) is 23.2 Å². The summed E-state index contributed by atoms with van der Waals surface area (Å²) >= 11 is 12.5. The summed E-state index contributed by atoms with van der Waals surface area (Å²) in [6.45, 7) is -0.0713. The van der Waals surface area contributed by atoms with Gasteiger partial charge in [0.05, 0.1) is 29.9 Å². The third kappa shape index (κ3) is 6.28. The Hall–Kier alpha value is -3.07. The fraction of sp³-hybridized carbons (Fsp3) is 0.222. The molecule has 0 saturated heterocycles. The molecule has 0 fully saturated rings. The molecule has 0 bridgehead atoms. The highest BCUT2D eigenvalue weighted by Gasteiger charge is 2.34. The van der Waals surface area contributed by atoms with E-state index in [1.165, 1.54) is 6.20 Å². The maximum atomic E-state index is 13.0. The van der Waals surface area contributed by atoms with Crippen LogP contribution in [0.25, 0.3) is 0 Å². The zero-order valence-corrected chi connectivity index (χ0v) is 19.1. The largest absolute Gasteiger partial charge is 0.418 e. The van der Waals surface area contributed by atoms with Gasteiger partial charge in [-0.2, -0.15) is 13.2 Å². The molecule has 34 heavy (non-hydrogen) atoms. The van der Waals surface area contributed by atoms with Gasteiger partial charge in [-0.15, -0.1) is 11.3 Å². The Labute approximate surface area is 203 Å². The lowest BCUT2D eigenvalue weighted by molar-refractivity contribution is -0.137. The highest BCUT2D eigenvalue weighted by molar-refractivity contribution is 7.13. The molecule has 0 aliphatic carbocycles. The van der Waals surface area contributed by atoms with Gasteiger partial charge < -0.3 is 21.1 Å². The highest BCUT2D eigenvalue weighted by atomic mass is 35.5. The topological polar surface area (TPSA) is 142 Å². The molecule has 0 saturated carbocycles. The first-order valence-electron chi connectivity index (χ1n) is 9.22. The van der Waals surface area contributed by atoms with Crippen LogP contribution in [0.15, 0.2) is 24.8 Å². The van der Waals surface area contributed by atoms with Gasteiger partial charge >= 0.3 is 6.18 Å². The number of hydrogen-bond acceptors (Lipinski definition) is 9. The van der Waals surface area contributed by atoms with Crippen LogP contribution < -0.4 is 16.0 Å². The van der Waals surface area contributed by atoms with Crippen molar-refractivity contribution in [3.63, 3.8) is 0 Å². The summed E-state index contributed by atoms with van der Waals surface area (Å²) in [4.78, 5) is 40.2. The summed E-state index contributed by atoms with van der Waals surface area (Å²) in [5, 5.41) is 16.1. The Morgan fingerprint density at radius 1 is 1.09 bits per heavy atom. The number of nitrogens with zero attached hydrogens (tertiary/aromatic N) is 4. The van der Waals surface area contributed by atoms with Crippen molar-refractivity contribution in [3.05, 3.63) is 56.0 Å². The minimum absolute atomic E-state index is 0.0404. The number of alkyl halides is 3. The number of nitrogens with one attached hydrogen (secondary N) is 3. The Bertz CT molecular complexity index is 1210. The third-order valence-corrected chi connectivity index (χ3v) is 5.64. The first-order chi connectivity index (χ1) is 16.1. The van der Waals surface area contributed by atoms with Gasteiger partial charge in [-0.25, -0.2) is 19.9 Å². The molecule has 2 amide bonds. The fourth-order valence-corrected chi connectivity index (χ4v) is 3.68. The van der Waals surface area contributed by atoms with Crippen LogP contribution in [0, 0.1) is 0 Å². The number of anilines is 2. The molecule has 180 valence electrons. The van der Waals surface area contributed by atoms with Gasteiger partial charge in [0.15, 0.2) is 5.69 Å². The maximum absolute atomic E-state index is 13.0. The highest BCUT2D eigenvalue weighted by Crippen LogP contribution is 2.35. The number of carbonyl (C=O) groups is 2. The summed E-state index contributed by atoms with van der Waals surface area (Å²) in [6.07, 6.45) is -1.59. The second-order valence-electron chi connectivity index (χ2n) is 6.34. The summed E-state index contributed by atoms with van der Waals surface area (Å²) < 4.78 is 38.9. The molecule has 16 heteroatoms. The number of aromatic nitrogens is 4. The van der Waals surface area contributed by atoms with Crippen LogP contribution in [0.3, 0.4) is 0 Å². The molecular formula is C18H14Cl2F3N7O3S. The van der Waals surface area contributed by atoms with E-state index in [1.807, 2.05) is 0 Å². The van der Waals surface area contributed by atoms with Gasteiger partial charge in [-0.3, -0.25) is 9.59 Å².